The third-order valence-electron chi connectivity index (χ3n) is 2.80. The number of hydrogen-bond donors (Lipinski definition) is 1. The van der Waals surface area contributed by atoms with E-state index in [4.69, 9.17) is 4.74 Å². The molecule has 1 aromatic heterocycles. The summed E-state index contributed by atoms with van der Waals surface area (Å²) in [4.78, 5) is 6.61. The normalized spacial score (nSPS) is 20.9. The molecule has 1 unspecified atom stereocenters. The Morgan fingerprint density at radius 3 is 3.19 bits per heavy atom. The zero-order valence-electron chi connectivity index (χ0n) is 9.94. The molecular formula is C12H19N3O. The lowest BCUT2D eigenvalue weighted by Crippen LogP contribution is -2.43. The van der Waals surface area contributed by atoms with Gasteiger partial charge in [-0.05, 0) is 19.9 Å². The van der Waals surface area contributed by atoms with E-state index in [2.05, 4.69) is 35.1 Å². The van der Waals surface area contributed by atoms with Gasteiger partial charge in [-0.25, -0.2) is 0 Å². The van der Waals surface area contributed by atoms with Crippen LogP contribution in [0.3, 0.4) is 0 Å². The van der Waals surface area contributed by atoms with Gasteiger partial charge in [-0.1, -0.05) is 0 Å². The Bertz CT molecular complexity index is 343. The second-order valence-electron chi connectivity index (χ2n) is 4.08. The van der Waals surface area contributed by atoms with Gasteiger partial charge in [0.25, 0.3) is 0 Å². The molecule has 0 bridgehead atoms. The van der Waals surface area contributed by atoms with Gasteiger partial charge in [-0.2, -0.15) is 0 Å². The van der Waals surface area contributed by atoms with Gasteiger partial charge in [0.15, 0.2) is 0 Å². The minimum atomic E-state index is 0.424. The third kappa shape index (κ3) is 2.44. The molecule has 0 aromatic carbocycles. The molecule has 1 aliphatic rings. The molecule has 1 aromatic rings. The first-order valence-corrected chi connectivity index (χ1v) is 5.84. The lowest BCUT2D eigenvalue weighted by molar-refractivity contribution is 0.0989. The summed E-state index contributed by atoms with van der Waals surface area (Å²) >= 11 is 0. The van der Waals surface area contributed by atoms with Crippen LogP contribution in [0, 0.1) is 0 Å². The largest absolute Gasteiger partial charge is 0.384 e. The van der Waals surface area contributed by atoms with Gasteiger partial charge in [-0.3, -0.25) is 4.98 Å². The Balaban J connectivity index is 2.15. The van der Waals surface area contributed by atoms with Crippen LogP contribution in [-0.4, -0.2) is 37.3 Å². The summed E-state index contributed by atoms with van der Waals surface area (Å²) in [6.07, 6.45) is 3.78. The van der Waals surface area contributed by atoms with Crippen LogP contribution in [0.4, 0.5) is 11.4 Å². The second kappa shape index (κ2) is 5.16. The van der Waals surface area contributed by atoms with E-state index in [1.54, 1.807) is 0 Å². The minimum absolute atomic E-state index is 0.424. The van der Waals surface area contributed by atoms with Crippen LogP contribution in [0.25, 0.3) is 0 Å². The lowest BCUT2D eigenvalue weighted by Gasteiger charge is -2.35. The van der Waals surface area contributed by atoms with Crippen molar-refractivity contribution < 1.29 is 4.74 Å². The Hall–Kier alpha value is -1.29. The first-order chi connectivity index (χ1) is 7.81. The molecule has 0 spiro atoms. The number of nitrogens with zero attached hydrogens (tertiary/aromatic N) is 2. The fourth-order valence-corrected chi connectivity index (χ4v) is 2.00. The summed E-state index contributed by atoms with van der Waals surface area (Å²) in [5, 5.41) is 3.28. The molecule has 4 heteroatoms. The van der Waals surface area contributed by atoms with Crippen molar-refractivity contribution in [3.8, 4) is 0 Å². The Kier molecular flexibility index (Phi) is 3.62. The molecule has 4 nitrogen and oxygen atoms in total. The van der Waals surface area contributed by atoms with Gasteiger partial charge in [0.05, 0.1) is 37.0 Å². The monoisotopic (exact) mass is 221 g/mol. The predicted molar refractivity (Wildman–Crippen MR) is 66.0 cm³/mol. The molecular weight excluding hydrogens is 202 g/mol. The molecule has 88 valence electrons. The Labute approximate surface area is 96.6 Å². The molecule has 16 heavy (non-hydrogen) atoms. The first kappa shape index (κ1) is 11.2. The van der Waals surface area contributed by atoms with Crippen molar-refractivity contribution in [2.75, 3.05) is 36.5 Å². The molecule has 1 saturated heterocycles. The number of rotatable bonds is 3. The number of hydrogen-bond acceptors (Lipinski definition) is 4. The highest BCUT2D eigenvalue weighted by Gasteiger charge is 2.19. The van der Waals surface area contributed by atoms with E-state index < -0.39 is 0 Å². The highest BCUT2D eigenvalue weighted by atomic mass is 16.5. The number of morpholine rings is 1. The van der Waals surface area contributed by atoms with Crippen molar-refractivity contribution in [2.24, 2.45) is 0 Å². The molecule has 1 fully saturated rings. The zero-order chi connectivity index (χ0) is 11.4. The van der Waals surface area contributed by atoms with Crippen molar-refractivity contribution in [2.45, 2.75) is 19.9 Å². The van der Waals surface area contributed by atoms with Crippen LogP contribution in [-0.2, 0) is 4.74 Å². The molecule has 0 amide bonds. The van der Waals surface area contributed by atoms with Crippen molar-refractivity contribution in [1.82, 2.24) is 4.98 Å². The summed E-state index contributed by atoms with van der Waals surface area (Å²) in [5.74, 6) is 0. The molecule has 0 radical (unpaired) electrons. The van der Waals surface area contributed by atoms with Gasteiger partial charge < -0.3 is 15.0 Å². The Morgan fingerprint density at radius 1 is 1.56 bits per heavy atom. The number of pyridine rings is 1. The topological polar surface area (TPSA) is 37.4 Å². The summed E-state index contributed by atoms with van der Waals surface area (Å²) < 4.78 is 5.43. The quantitative estimate of drug-likeness (QED) is 0.843. The van der Waals surface area contributed by atoms with Crippen molar-refractivity contribution >= 4 is 11.4 Å². The zero-order valence-corrected chi connectivity index (χ0v) is 9.94. The third-order valence-corrected chi connectivity index (χ3v) is 2.80. The highest BCUT2D eigenvalue weighted by molar-refractivity contribution is 5.56. The maximum atomic E-state index is 5.43. The van der Waals surface area contributed by atoms with Gasteiger partial charge in [0.1, 0.15) is 0 Å². The van der Waals surface area contributed by atoms with E-state index in [0.29, 0.717) is 6.04 Å². The summed E-state index contributed by atoms with van der Waals surface area (Å²) in [6.45, 7) is 7.73. The SMILES string of the molecule is CCNc1cncc(N2CCOCC2C)c1. The minimum Gasteiger partial charge on any atom is -0.384 e. The van der Waals surface area contributed by atoms with Crippen LogP contribution >= 0.6 is 0 Å². The van der Waals surface area contributed by atoms with Crippen LogP contribution in [0.2, 0.25) is 0 Å². The lowest BCUT2D eigenvalue weighted by atomic mass is 10.2. The summed E-state index contributed by atoms with van der Waals surface area (Å²) in [6, 6.07) is 2.57. The molecule has 2 rings (SSSR count). The van der Waals surface area contributed by atoms with Crippen LogP contribution < -0.4 is 10.2 Å². The van der Waals surface area contributed by atoms with Crippen molar-refractivity contribution in [1.29, 1.82) is 0 Å². The molecule has 1 aliphatic heterocycles. The maximum Gasteiger partial charge on any atom is 0.0668 e. The Morgan fingerprint density at radius 2 is 2.44 bits per heavy atom. The highest BCUT2D eigenvalue weighted by Crippen LogP contribution is 2.21. The van der Waals surface area contributed by atoms with E-state index in [-0.39, 0.29) is 0 Å². The number of nitrogens with one attached hydrogen (secondary N) is 1. The van der Waals surface area contributed by atoms with Crippen LogP contribution in [0.15, 0.2) is 18.5 Å². The van der Waals surface area contributed by atoms with Crippen molar-refractivity contribution in [3.05, 3.63) is 18.5 Å². The van der Waals surface area contributed by atoms with Gasteiger partial charge in [-0.15, -0.1) is 0 Å². The fourth-order valence-electron chi connectivity index (χ4n) is 2.00. The van der Waals surface area contributed by atoms with E-state index >= 15 is 0 Å². The van der Waals surface area contributed by atoms with Crippen LogP contribution in [0.5, 0.6) is 0 Å². The molecule has 0 saturated carbocycles. The summed E-state index contributed by atoms with van der Waals surface area (Å²) in [5.41, 5.74) is 2.26. The number of aromatic nitrogens is 1. The first-order valence-electron chi connectivity index (χ1n) is 5.84. The van der Waals surface area contributed by atoms with E-state index in [9.17, 15) is 0 Å². The second-order valence-corrected chi connectivity index (χ2v) is 4.08. The van der Waals surface area contributed by atoms with Crippen LogP contribution in [0.1, 0.15) is 13.8 Å². The fraction of sp³-hybridized carbons (Fsp3) is 0.583. The molecule has 2 heterocycles. The average Bonchev–Trinajstić information content (AvgIpc) is 2.30. The molecule has 1 atom stereocenters. The predicted octanol–water partition coefficient (Wildman–Crippen LogP) is 1.74. The standard InChI is InChI=1S/C12H19N3O/c1-3-14-11-6-12(8-13-7-11)15-4-5-16-9-10(15)2/h6-8,10,14H,3-5,9H2,1-2H3. The van der Waals surface area contributed by atoms with Gasteiger partial charge >= 0.3 is 0 Å². The van der Waals surface area contributed by atoms with E-state index in [0.717, 1.165) is 32.0 Å². The van der Waals surface area contributed by atoms with Gasteiger partial charge in [0, 0.05) is 19.1 Å². The molecule has 1 N–H and O–H groups in total. The van der Waals surface area contributed by atoms with E-state index in [1.165, 1.54) is 5.69 Å². The average molecular weight is 221 g/mol. The van der Waals surface area contributed by atoms with Gasteiger partial charge in [0.2, 0.25) is 0 Å². The summed E-state index contributed by atoms with van der Waals surface area (Å²) in [7, 11) is 0. The number of anilines is 2. The number of ether oxygens (including phenoxy) is 1. The maximum absolute atomic E-state index is 5.43. The molecule has 0 aliphatic carbocycles. The van der Waals surface area contributed by atoms with E-state index in [1.807, 2.05) is 12.4 Å². The van der Waals surface area contributed by atoms with Crippen molar-refractivity contribution in [3.63, 3.8) is 0 Å². The smallest absolute Gasteiger partial charge is 0.0668 e.